The van der Waals surface area contributed by atoms with Crippen molar-refractivity contribution in [3.63, 3.8) is 0 Å². The van der Waals surface area contributed by atoms with Crippen LogP contribution in [0.5, 0.6) is 11.5 Å². The molecule has 0 aromatic heterocycles. The Hall–Kier alpha value is -4.40. The highest BCUT2D eigenvalue weighted by molar-refractivity contribution is 6.39. The molecule has 3 rings (SSSR count). The number of amides is 4. The van der Waals surface area contributed by atoms with Crippen LogP contribution < -0.4 is 19.7 Å². The number of carboxylic acid groups (broad SMARTS) is 1. The van der Waals surface area contributed by atoms with Gasteiger partial charge < -0.3 is 14.6 Å². The molecule has 0 unspecified atom stereocenters. The van der Waals surface area contributed by atoms with Gasteiger partial charge in [0.05, 0.1) is 18.4 Å². The quantitative estimate of drug-likeness (QED) is 0.399. The largest absolute Gasteiger partial charge is 0.493 e. The number of urea groups is 1. The minimum absolute atomic E-state index is 0.00804. The van der Waals surface area contributed by atoms with E-state index in [1.807, 2.05) is 0 Å². The average molecular weight is 422 g/mol. The van der Waals surface area contributed by atoms with Gasteiger partial charge in [0, 0.05) is 0 Å². The van der Waals surface area contributed by atoms with E-state index in [1.165, 1.54) is 37.5 Å². The number of carboxylic acids is 1. The fourth-order valence-electron chi connectivity index (χ4n) is 2.85. The predicted molar refractivity (Wildman–Crippen MR) is 111 cm³/mol. The lowest BCUT2D eigenvalue weighted by molar-refractivity contribution is -0.122. The van der Waals surface area contributed by atoms with Gasteiger partial charge in [-0.15, -0.1) is 0 Å². The smallest absolute Gasteiger partial charge is 0.335 e. The molecule has 2 N–H and O–H groups in total. The number of nitrogens with zero attached hydrogens (tertiary/aromatic N) is 1. The van der Waals surface area contributed by atoms with E-state index in [4.69, 9.17) is 14.6 Å². The van der Waals surface area contributed by atoms with Gasteiger partial charge in [-0.25, -0.2) is 14.5 Å². The second kappa shape index (κ2) is 8.95. The van der Waals surface area contributed by atoms with Gasteiger partial charge >= 0.3 is 12.0 Å². The van der Waals surface area contributed by atoms with Crippen LogP contribution >= 0.6 is 0 Å². The summed E-state index contributed by atoms with van der Waals surface area (Å²) in [6.07, 6.45) is 2.90. The summed E-state index contributed by atoms with van der Waals surface area (Å²) in [7, 11) is 1.45. The summed E-state index contributed by atoms with van der Waals surface area (Å²) in [4.78, 5) is 49.3. The number of benzene rings is 2. The first kappa shape index (κ1) is 21.3. The molecule has 2 aromatic rings. The van der Waals surface area contributed by atoms with Crippen LogP contribution in [0, 0.1) is 0 Å². The third kappa shape index (κ3) is 4.45. The minimum atomic E-state index is -1.15. The Balaban J connectivity index is 1.95. The first-order valence-electron chi connectivity index (χ1n) is 9.02. The lowest BCUT2D eigenvalue weighted by Gasteiger charge is -2.26. The number of hydrogen-bond donors (Lipinski definition) is 2. The zero-order valence-corrected chi connectivity index (χ0v) is 16.5. The molecule has 158 valence electrons. The van der Waals surface area contributed by atoms with E-state index < -0.39 is 23.8 Å². The van der Waals surface area contributed by atoms with E-state index in [1.54, 1.807) is 24.3 Å². The number of carbonyl (C=O) groups is 4. The molecule has 1 saturated heterocycles. The predicted octanol–water partition coefficient (Wildman–Crippen LogP) is 2.62. The van der Waals surface area contributed by atoms with Crippen LogP contribution in [0.4, 0.5) is 10.5 Å². The van der Waals surface area contributed by atoms with Crippen molar-refractivity contribution in [1.29, 1.82) is 0 Å². The van der Waals surface area contributed by atoms with Gasteiger partial charge in [-0.1, -0.05) is 18.7 Å². The summed E-state index contributed by atoms with van der Waals surface area (Å²) in [5.41, 5.74) is 0.309. The molecule has 0 aliphatic carbocycles. The van der Waals surface area contributed by atoms with E-state index in [2.05, 4.69) is 11.9 Å². The molecule has 0 spiro atoms. The molecule has 1 aliphatic heterocycles. The highest BCUT2D eigenvalue weighted by Crippen LogP contribution is 2.30. The lowest BCUT2D eigenvalue weighted by Crippen LogP contribution is -2.54. The first-order chi connectivity index (χ1) is 14.8. The van der Waals surface area contributed by atoms with E-state index >= 15 is 0 Å². The number of barbiturate groups is 1. The number of anilines is 1. The Labute approximate surface area is 177 Å². The molecular weight excluding hydrogens is 404 g/mol. The maximum absolute atomic E-state index is 12.9. The lowest BCUT2D eigenvalue weighted by atomic mass is 10.1. The van der Waals surface area contributed by atoms with Crippen LogP contribution in [0.25, 0.3) is 6.08 Å². The molecule has 0 bridgehead atoms. The number of carbonyl (C=O) groups excluding carboxylic acids is 3. The van der Waals surface area contributed by atoms with E-state index in [0.29, 0.717) is 17.1 Å². The van der Waals surface area contributed by atoms with Crippen molar-refractivity contribution < 1.29 is 33.8 Å². The van der Waals surface area contributed by atoms with Gasteiger partial charge in [0.1, 0.15) is 12.2 Å². The Morgan fingerprint density at radius 2 is 1.84 bits per heavy atom. The van der Waals surface area contributed by atoms with Crippen LogP contribution in [-0.4, -0.2) is 42.6 Å². The molecule has 0 radical (unpaired) electrons. The van der Waals surface area contributed by atoms with Crippen molar-refractivity contribution in [3.8, 4) is 11.5 Å². The normalized spacial score (nSPS) is 14.9. The fraction of sp³-hybridized carbons (Fsp3) is 0.0909. The molecule has 0 atom stereocenters. The summed E-state index contributed by atoms with van der Waals surface area (Å²) in [6.45, 7) is 3.85. The molecule has 1 fully saturated rings. The van der Waals surface area contributed by atoms with E-state index in [-0.39, 0.29) is 23.4 Å². The number of imide groups is 2. The van der Waals surface area contributed by atoms with Gasteiger partial charge in [-0.05, 0) is 48.0 Å². The third-order valence-corrected chi connectivity index (χ3v) is 4.33. The first-order valence-corrected chi connectivity index (χ1v) is 9.02. The van der Waals surface area contributed by atoms with Crippen molar-refractivity contribution in [2.75, 3.05) is 18.6 Å². The number of nitrogens with one attached hydrogen (secondary N) is 1. The molecular formula is C22H18N2O7. The summed E-state index contributed by atoms with van der Waals surface area (Å²) in [6, 6.07) is 9.02. The van der Waals surface area contributed by atoms with Gasteiger partial charge in [0.2, 0.25) is 0 Å². The van der Waals surface area contributed by atoms with Gasteiger partial charge in [0.15, 0.2) is 11.5 Å². The highest BCUT2D eigenvalue weighted by atomic mass is 16.5. The molecule has 9 nitrogen and oxygen atoms in total. The Kier molecular flexibility index (Phi) is 6.15. The number of hydrogen-bond acceptors (Lipinski definition) is 6. The van der Waals surface area contributed by atoms with Gasteiger partial charge in [-0.2, -0.15) is 0 Å². The maximum atomic E-state index is 12.9. The minimum Gasteiger partial charge on any atom is -0.493 e. The van der Waals surface area contributed by atoms with Crippen molar-refractivity contribution in [2.45, 2.75) is 0 Å². The third-order valence-electron chi connectivity index (χ3n) is 4.33. The van der Waals surface area contributed by atoms with Gasteiger partial charge in [0.25, 0.3) is 11.8 Å². The molecule has 0 saturated carbocycles. The molecule has 2 aromatic carbocycles. The number of rotatable bonds is 7. The van der Waals surface area contributed by atoms with Crippen LogP contribution in [0.2, 0.25) is 0 Å². The Bertz CT molecular complexity index is 1100. The number of ether oxygens (including phenoxy) is 2. The van der Waals surface area contributed by atoms with E-state index in [0.717, 1.165) is 4.90 Å². The summed E-state index contributed by atoms with van der Waals surface area (Å²) < 4.78 is 10.8. The average Bonchev–Trinajstić information content (AvgIpc) is 2.75. The molecule has 9 heteroatoms. The standard InChI is InChI=1S/C22H18N2O7/c1-3-10-31-17-9-4-13(12-18(17)30-2)11-16-19(25)23-22(29)24(20(16)26)15-7-5-14(6-8-15)21(27)28/h3-9,11-12H,1,10H2,2H3,(H,27,28)(H,23,25,29)/b16-11-. The van der Waals surface area contributed by atoms with Crippen molar-refractivity contribution in [2.24, 2.45) is 0 Å². The SMILES string of the molecule is C=CCOc1ccc(/C=C2/C(=O)NC(=O)N(c3ccc(C(=O)O)cc3)C2=O)cc1OC. The highest BCUT2D eigenvalue weighted by Gasteiger charge is 2.36. The van der Waals surface area contributed by atoms with Crippen LogP contribution in [0.15, 0.2) is 60.7 Å². The Morgan fingerprint density at radius 1 is 1.13 bits per heavy atom. The molecule has 4 amide bonds. The summed E-state index contributed by atoms with van der Waals surface area (Å²) >= 11 is 0. The van der Waals surface area contributed by atoms with Crippen LogP contribution in [0.1, 0.15) is 15.9 Å². The number of aromatic carboxylic acids is 1. The topological polar surface area (TPSA) is 122 Å². The van der Waals surface area contributed by atoms with Crippen LogP contribution in [0.3, 0.4) is 0 Å². The second-order valence-corrected chi connectivity index (χ2v) is 6.32. The zero-order valence-electron chi connectivity index (χ0n) is 16.5. The number of methoxy groups -OCH3 is 1. The Morgan fingerprint density at radius 3 is 2.45 bits per heavy atom. The fourth-order valence-corrected chi connectivity index (χ4v) is 2.85. The van der Waals surface area contributed by atoms with Crippen LogP contribution in [-0.2, 0) is 9.59 Å². The van der Waals surface area contributed by atoms with E-state index in [9.17, 15) is 19.2 Å². The summed E-state index contributed by atoms with van der Waals surface area (Å²) in [5.74, 6) is -2.00. The monoisotopic (exact) mass is 422 g/mol. The van der Waals surface area contributed by atoms with Crippen molar-refractivity contribution in [3.05, 3.63) is 71.8 Å². The zero-order chi connectivity index (χ0) is 22.5. The van der Waals surface area contributed by atoms with Gasteiger partial charge in [-0.3, -0.25) is 14.9 Å². The molecule has 31 heavy (non-hydrogen) atoms. The molecule has 1 heterocycles. The van der Waals surface area contributed by atoms with Crippen molar-refractivity contribution in [1.82, 2.24) is 5.32 Å². The second-order valence-electron chi connectivity index (χ2n) is 6.32. The summed E-state index contributed by atoms with van der Waals surface area (Å²) in [5, 5.41) is 11.1. The van der Waals surface area contributed by atoms with Crippen molar-refractivity contribution >= 4 is 35.6 Å². The maximum Gasteiger partial charge on any atom is 0.335 e. The molecule has 1 aliphatic rings.